The predicted molar refractivity (Wildman–Crippen MR) is 71.1 cm³/mol. The average molecular weight is 243 g/mol. The number of nitrogens with one attached hydrogen (secondary N) is 1. The summed E-state index contributed by atoms with van der Waals surface area (Å²) in [7, 11) is 1.71. The third-order valence-corrected chi connectivity index (χ3v) is 4.11. The van der Waals surface area contributed by atoms with E-state index in [-0.39, 0.29) is 0 Å². The summed E-state index contributed by atoms with van der Waals surface area (Å²) in [6, 6.07) is 0. The minimum absolute atomic E-state index is 0.482. The molecule has 3 unspecified atom stereocenters. The van der Waals surface area contributed by atoms with Gasteiger partial charge in [0.1, 0.15) is 0 Å². The molecule has 3 heteroatoms. The Hall–Kier alpha value is -0.120. The molecule has 2 N–H and O–H groups in total. The van der Waals surface area contributed by atoms with E-state index in [9.17, 15) is 5.11 Å². The van der Waals surface area contributed by atoms with Gasteiger partial charge in [-0.15, -0.1) is 0 Å². The molecule has 0 spiro atoms. The maximum absolute atomic E-state index is 10.5. The molecule has 3 atom stereocenters. The number of ether oxygens (including phenoxy) is 1. The first-order valence-electron chi connectivity index (χ1n) is 6.98. The van der Waals surface area contributed by atoms with Crippen LogP contribution in [0.1, 0.15) is 46.0 Å². The number of hydrogen-bond donors (Lipinski definition) is 2. The summed E-state index contributed by atoms with van der Waals surface area (Å²) in [5.41, 5.74) is -0.505. The van der Waals surface area contributed by atoms with Crippen molar-refractivity contribution in [3.8, 4) is 0 Å². The van der Waals surface area contributed by atoms with Gasteiger partial charge >= 0.3 is 0 Å². The first kappa shape index (κ1) is 14.9. The molecule has 0 bridgehead atoms. The third-order valence-electron chi connectivity index (χ3n) is 4.11. The Morgan fingerprint density at radius 3 is 2.76 bits per heavy atom. The van der Waals surface area contributed by atoms with Crippen LogP contribution in [0.25, 0.3) is 0 Å². The van der Waals surface area contributed by atoms with E-state index in [1.54, 1.807) is 7.11 Å². The van der Waals surface area contributed by atoms with E-state index in [1.165, 1.54) is 25.7 Å². The fourth-order valence-electron chi connectivity index (χ4n) is 2.84. The van der Waals surface area contributed by atoms with Gasteiger partial charge in [0, 0.05) is 13.7 Å². The Kier molecular flexibility index (Phi) is 6.45. The Morgan fingerprint density at radius 2 is 2.12 bits per heavy atom. The van der Waals surface area contributed by atoms with Crippen LogP contribution in [0.4, 0.5) is 0 Å². The summed E-state index contributed by atoms with van der Waals surface area (Å²) in [6.45, 7) is 6.80. The minimum atomic E-state index is -0.505. The van der Waals surface area contributed by atoms with E-state index in [4.69, 9.17) is 4.74 Å². The van der Waals surface area contributed by atoms with Gasteiger partial charge in [-0.1, -0.05) is 19.8 Å². The lowest BCUT2D eigenvalue weighted by molar-refractivity contribution is -0.0306. The average Bonchev–Trinajstić information content (AvgIpc) is 2.29. The number of aliphatic hydroxyl groups is 1. The molecule has 0 saturated heterocycles. The number of rotatable bonds is 7. The van der Waals surface area contributed by atoms with Crippen molar-refractivity contribution in [3.05, 3.63) is 0 Å². The van der Waals surface area contributed by atoms with Crippen molar-refractivity contribution in [2.45, 2.75) is 51.6 Å². The van der Waals surface area contributed by atoms with Crippen molar-refractivity contribution in [2.24, 2.45) is 11.8 Å². The molecule has 1 aliphatic rings. The highest BCUT2D eigenvalue weighted by atomic mass is 16.5. The second-order valence-electron chi connectivity index (χ2n) is 5.82. The van der Waals surface area contributed by atoms with Gasteiger partial charge in [0.05, 0.1) is 12.2 Å². The molecule has 3 nitrogen and oxygen atoms in total. The van der Waals surface area contributed by atoms with Crippen LogP contribution in [0.5, 0.6) is 0 Å². The zero-order chi connectivity index (χ0) is 12.7. The summed E-state index contributed by atoms with van der Waals surface area (Å²) in [5, 5.41) is 13.8. The molecule has 1 rings (SSSR count). The maximum atomic E-state index is 10.5. The maximum Gasteiger partial charge on any atom is 0.0660 e. The lowest BCUT2D eigenvalue weighted by Crippen LogP contribution is -2.40. The molecule has 1 saturated carbocycles. The highest BCUT2D eigenvalue weighted by Gasteiger charge is 2.34. The van der Waals surface area contributed by atoms with Gasteiger partial charge in [0.25, 0.3) is 0 Å². The van der Waals surface area contributed by atoms with Crippen LogP contribution in [0.15, 0.2) is 0 Å². The lowest BCUT2D eigenvalue weighted by Gasteiger charge is -2.38. The van der Waals surface area contributed by atoms with Gasteiger partial charge < -0.3 is 15.2 Å². The zero-order valence-electron chi connectivity index (χ0n) is 11.7. The normalized spacial score (nSPS) is 28.9. The SMILES string of the molecule is COCCNCCC(C)(O)C1CCCC(C)C1. The van der Waals surface area contributed by atoms with Crippen molar-refractivity contribution in [1.82, 2.24) is 5.32 Å². The van der Waals surface area contributed by atoms with Gasteiger partial charge in [0.15, 0.2) is 0 Å². The topological polar surface area (TPSA) is 41.5 Å². The van der Waals surface area contributed by atoms with Gasteiger partial charge in [-0.3, -0.25) is 0 Å². The van der Waals surface area contributed by atoms with Crippen LogP contribution >= 0.6 is 0 Å². The van der Waals surface area contributed by atoms with Gasteiger partial charge in [-0.2, -0.15) is 0 Å². The quantitative estimate of drug-likeness (QED) is 0.674. The molecule has 0 aromatic rings. The number of methoxy groups -OCH3 is 1. The van der Waals surface area contributed by atoms with Crippen molar-refractivity contribution in [1.29, 1.82) is 0 Å². The summed E-state index contributed by atoms with van der Waals surface area (Å²) in [5.74, 6) is 1.26. The molecule has 0 heterocycles. The second-order valence-corrected chi connectivity index (χ2v) is 5.82. The summed E-state index contributed by atoms with van der Waals surface area (Å²) in [4.78, 5) is 0. The lowest BCUT2D eigenvalue weighted by atomic mass is 9.73. The largest absolute Gasteiger partial charge is 0.390 e. The molecule has 0 aliphatic heterocycles. The summed E-state index contributed by atoms with van der Waals surface area (Å²) in [6.07, 6.45) is 5.83. The molecule has 0 aromatic carbocycles. The molecule has 102 valence electrons. The summed E-state index contributed by atoms with van der Waals surface area (Å²) < 4.78 is 4.98. The molecule has 0 amide bonds. The van der Waals surface area contributed by atoms with Crippen molar-refractivity contribution in [3.63, 3.8) is 0 Å². The highest BCUT2D eigenvalue weighted by molar-refractivity contribution is 4.86. The minimum Gasteiger partial charge on any atom is -0.390 e. The first-order chi connectivity index (χ1) is 8.06. The predicted octanol–water partition coefficient (Wildman–Crippen LogP) is 2.19. The van der Waals surface area contributed by atoms with Crippen molar-refractivity contribution < 1.29 is 9.84 Å². The van der Waals surface area contributed by atoms with Crippen molar-refractivity contribution >= 4 is 0 Å². The first-order valence-corrected chi connectivity index (χ1v) is 6.98. The molecule has 1 fully saturated rings. The molecule has 17 heavy (non-hydrogen) atoms. The van der Waals surface area contributed by atoms with E-state index in [2.05, 4.69) is 12.2 Å². The summed E-state index contributed by atoms with van der Waals surface area (Å²) >= 11 is 0. The molecular formula is C14H29NO2. The third kappa shape index (κ3) is 5.36. The monoisotopic (exact) mass is 243 g/mol. The fourth-order valence-corrected chi connectivity index (χ4v) is 2.84. The highest BCUT2D eigenvalue weighted by Crippen LogP contribution is 2.36. The molecule has 0 radical (unpaired) electrons. The van der Waals surface area contributed by atoms with E-state index < -0.39 is 5.60 Å². The van der Waals surface area contributed by atoms with E-state index in [0.29, 0.717) is 5.92 Å². The fraction of sp³-hybridized carbons (Fsp3) is 1.00. The standard InChI is InChI=1S/C14H29NO2/c1-12-5-4-6-13(11-12)14(2,16)7-8-15-9-10-17-3/h12-13,15-16H,4-11H2,1-3H3. The van der Waals surface area contributed by atoms with Crippen molar-refractivity contribution in [2.75, 3.05) is 26.8 Å². The smallest absolute Gasteiger partial charge is 0.0660 e. The van der Waals surface area contributed by atoms with E-state index in [0.717, 1.165) is 32.0 Å². The van der Waals surface area contributed by atoms with Gasteiger partial charge in [0.2, 0.25) is 0 Å². The van der Waals surface area contributed by atoms with Crippen LogP contribution in [0, 0.1) is 11.8 Å². The Labute approximate surface area is 106 Å². The number of hydrogen-bond acceptors (Lipinski definition) is 3. The van der Waals surface area contributed by atoms with Crippen LogP contribution in [-0.2, 0) is 4.74 Å². The van der Waals surface area contributed by atoms with Crippen LogP contribution in [0.3, 0.4) is 0 Å². The van der Waals surface area contributed by atoms with E-state index in [1.807, 2.05) is 6.92 Å². The van der Waals surface area contributed by atoms with Gasteiger partial charge in [-0.25, -0.2) is 0 Å². The Morgan fingerprint density at radius 1 is 1.35 bits per heavy atom. The van der Waals surface area contributed by atoms with E-state index >= 15 is 0 Å². The Balaban J connectivity index is 2.24. The second kappa shape index (κ2) is 7.34. The molecule has 0 aromatic heterocycles. The molecule has 1 aliphatic carbocycles. The van der Waals surface area contributed by atoms with Crippen LogP contribution in [-0.4, -0.2) is 37.5 Å². The van der Waals surface area contributed by atoms with Crippen LogP contribution in [0.2, 0.25) is 0 Å². The van der Waals surface area contributed by atoms with Crippen LogP contribution < -0.4 is 5.32 Å². The van der Waals surface area contributed by atoms with Gasteiger partial charge in [-0.05, 0) is 44.6 Å². The zero-order valence-corrected chi connectivity index (χ0v) is 11.7. The Bertz CT molecular complexity index is 206. The molecular weight excluding hydrogens is 214 g/mol.